The van der Waals surface area contributed by atoms with Crippen LogP contribution in [0.1, 0.15) is 26.7 Å². The van der Waals surface area contributed by atoms with E-state index < -0.39 is 5.60 Å². The molecule has 4 heteroatoms. The molecule has 0 aromatic heterocycles. The van der Waals surface area contributed by atoms with Gasteiger partial charge in [0.25, 0.3) is 5.91 Å². The van der Waals surface area contributed by atoms with Crippen LogP contribution in [0.15, 0.2) is 0 Å². The highest BCUT2D eigenvalue weighted by Gasteiger charge is 2.45. The maximum absolute atomic E-state index is 12.2. The average Bonchev–Trinajstić information content (AvgIpc) is 2.80. The van der Waals surface area contributed by atoms with Gasteiger partial charge in [-0.15, -0.1) is 0 Å². The van der Waals surface area contributed by atoms with E-state index in [0.29, 0.717) is 12.5 Å². The molecule has 1 aliphatic carbocycles. The van der Waals surface area contributed by atoms with Gasteiger partial charge in [-0.2, -0.15) is 0 Å². The Kier molecular flexibility index (Phi) is 2.97. The number of nitrogens with zero attached hydrogens (tertiary/aromatic N) is 1. The maximum atomic E-state index is 12.2. The molecular formula is C12H21NO3. The number of likely N-dealkylation sites (tertiary alicyclic amines) is 1. The second-order valence-corrected chi connectivity index (χ2v) is 5.49. The number of amides is 1. The zero-order chi connectivity index (χ0) is 11.9. The fourth-order valence-corrected chi connectivity index (χ4v) is 2.87. The quantitative estimate of drug-likeness (QED) is 0.753. The van der Waals surface area contributed by atoms with Crippen LogP contribution >= 0.6 is 0 Å². The Balaban J connectivity index is 2.02. The third-order valence-electron chi connectivity index (χ3n) is 4.13. The van der Waals surface area contributed by atoms with Crippen molar-refractivity contribution in [3.05, 3.63) is 0 Å². The van der Waals surface area contributed by atoms with Gasteiger partial charge in [0.05, 0.1) is 6.10 Å². The minimum Gasteiger partial charge on any atom is -0.393 e. The average molecular weight is 227 g/mol. The van der Waals surface area contributed by atoms with Gasteiger partial charge in [0, 0.05) is 26.1 Å². The van der Waals surface area contributed by atoms with Crippen molar-refractivity contribution >= 4 is 5.91 Å². The lowest BCUT2D eigenvalue weighted by atomic mass is 10.00. The zero-order valence-electron chi connectivity index (χ0n) is 10.3. The van der Waals surface area contributed by atoms with Crippen molar-refractivity contribution in [3.63, 3.8) is 0 Å². The number of hydrogen-bond acceptors (Lipinski definition) is 3. The number of fused-ring (bicyclic) bond motifs is 1. The van der Waals surface area contributed by atoms with Crippen LogP contribution in [0.25, 0.3) is 0 Å². The van der Waals surface area contributed by atoms with Gasteiger partial charge in [-0.25, -0.2) is 0 Å². The van der Waals surface area contributed by atoms with E-state index in [1.807, 2.05) is 4.90 Å². The van der Waals surface area contributed by atoms with Crippen LogP contribution in [0.2, 0.25) is 0 Å². The van der Waals surface area contributed by atoms with Gasteiger partial charge >= 0.3 is 0 Å². The summed E-state index contributed by atoms with van der Waals surface area (Å²) >= 11 is 0. The van der Waals surface area contributed by atoms with E-state index in [4.69, 9.17) is 4.74 Å². The Labute approximate surface area is 96.6 Å². The Bertz CT molecular complexity index is 290. The van der Waals surface area contributed by atoms with Crippen LogP contribution < -0.4 is 0 Å². The van der Waals surface area contributed by atoms with E-state index in [0.717, 1.165) is 19.4 Å². The summed E-state index contributed by atoms with van der Waals surface area (Å²) in [6.07, 6.45) is 1.72. The molecule has 1 saturated carbocycles. The van der Waals surface area contributed by atoms with Crippen molar-refractivity contribution in [2.45, 2.75) is 38.4 Å². The summed E-state index contributed by atoms with van der Waals surface area (Å²) in [7, 11) is 1.56. The number of rotatable bonds is 2. The number of carbonyl (C=O) groups is 1. The van der Waals surface area contributed by atoms with Crippen LogP contribution in [0.5, 0.6) is 0 Å². The second kappa shape index (κ2) is 4.00. The molecule has 0 bridgehead atoms. The summed E-state index contributed by atoms with van der Waals surface area (Å²) in [5.74, 6) is 0.819. The number of ether oxygens (including phenoxy) is 1. The van der Waals surface area contributed by atoms with Crippen molar-refractivity contribution in [2.75, 3.05) is 20.2 Å². The molecule has 0 aromatic rings. The molecule has 3 atom stereocenters. The molecule has 1 amide bonds. The lowest BCUT2D eigenvalue weighted by Crippen LogP contribution is -2.46. The molecule has 1 heterocycles. The molecule has 1 N–H and O–H groups in total. The summed E-state index contributed by atoms with van der Waals surface area (Å²) in [6, 6.07) is 0. The standard InChI is InChI=1S/C12H21NO3/c1-12(2,16-3)11(15)13-6-8-4-5-10(14)9(8)7-13/h8-10,14H,4-7H2,1-3H3. The largest absolute Gasteiger partial charge is 0.393 e. The fourth-order valence-electron chi connectivity index (χ4n) is 2.87. The van der Waals surface area contributed by atoms with Gasteiger partial charge in [0.15, 0.2) is 0 Å². The van der Waals surface area contributed by atoms with Gasteiger partial charge < -0.3 is 14.7 Å². The minimum atomic E-state index is -0.746. The maximum Gasteiger partial charge on any atom is 0.254 e. The van der Waals surface area contributed by atoms with E-state index in [1.54, 1.807) is 21.0 Å². The topological polar surface area (TPSA) is 49.8 Å². The molecule has 92 valence electrons. The molecule has 4 nitrogen and oxygen atoms in total. The molecule has 2 fully saturated rings. The molecule has 16 heavy (non-hydrogen) atoms. The molecule has 0 spiro atoms. The predicted octanol–water partition coefficient (Wildman–Crippen LogP) is 0.641. The summed E-state index contributed by atoms with van der Waals surface area (Å²) in [4.78, 5) is 14.0. The third-order valence-corrected chi connectivity index (χ3v) is 4.13. The van der Waals surface area contributed by atoms with Crippen LogP contribution in [0, 0.1) is 11.8 Å². The van der Waals surface area contributed by atoms with Crippen molar-refractivity contribution in [3.8, 4) is 0 Å². The zero-order valence-corrected chi connectivity index (χ0v) is 10.3. The predicted molar refractivity (Wildman–Crippen MR) is 59.9 cm³/mol. The number of hydrogen-bond donors (Lipinski definition) is 1. The lowest BCUT2D eigenvalue weighted by molar-refractivity contribution is -0.150. The smallest absolute Gasteiger partial charge is 0.254 e. The second-order valence-electron chi connectivity index (χ2n) is 5.49. The van der Waals surface area contributed by atoms with Crippen LogP contribution in [-0.2, 0) is 9.53 Å². The number of methoxy groups -OCH3 is 1. The Morgan fingerprint density at radius 3 is 2.62 bits per heavy atom. The summed E-state index contributed by atoms with van der Waals surface area (Å²) < 4.78 is 5.21. The molecular weight excluding hydrogens is 206 g/mol. The number of aliphatic hydroxyl groups excluding tert-OH is 1. The first-order valence-electron chi connectivity index (χ1n) is 5.98. The van der Waals surface area contributed by atoms with Crippen LogP contribution in [0.3, 0.4) is 0 Å². The molecule has 0 radical (unpaired) electrons. The fraction of sp³-hybridized carbons (Fsp3) is 0.917. The van der Waals surface area contributed by atoms with Crippen LogP contribution in [0.4, 0.5) is 0 Å². The highest BCUT2D eigenvalue weighted by Crippen LogP contribution is 2.38. The van der Waals surface area contributed by atoms with E-state index in [-0.39, 0.29) is 17.9 Å². The molecule has 0 aromatic carbocycles. The summed E-state index contributed by atoms with van der Waals surface area (Å²) in [5.41, 5.74) is -0.746. The normalized spacial score (nSPS) is 34.2. The van der Waals surface area contributed by atoms with Crippen molar-refractivity contribution in [1.82, 2.24) is 4.90 Å². The first-order chi connectivity index (χ1) is 7.45. The highest BCUT2D eigenvalue weighted by atomic mass is 16.5. The Morgan fingerprint density at radius 2 is 2.06 bits per heavy atom. The molecule has 3 unspecified atom stereocenters. The first kappa shape index (κ1) is 11.9. The van der Waals surface area contributed by atoms with Crippen molar-refractivity contribution in [1.29, 1.82) is 0 Å². The SMILES string of the molecule is COC(C)(C)C(=O)N1CC2CCC(O)C2C1. The number of carbonyl (C=O) groups excluding carboxylic acids is 1. The van der Waals surface area contributed by atoms with Gasteiger partial charge in [-0.1, -0.05) is 0 Å². The number of aliphatic hydroxyl groups is 1. The van der Waals surface area contributed by atoms with Crippen molar-refractivity contribution in [2.24, 2.45) is 11.8 Å². The van der Waals surface area contributed by atoms with E-state index in [2.05, 4.69) is 0 Å². The van der Waals surface area contributed by atoms with Gasteiger partial charge in [0.2, 0.25) is 0 Å². The lowest BCUT2D eigenvalue weighted by Gasteiger charge is -2.28. The monoisotopic (exact) mass is 227 g/mol. The molecule has 2 aliphatic rings. The Hall–Kier alpha value is -0.610. The highest BCUT2D eigenvalue weighted by molar-refractivity contribution is 5.84. The van der Waals surface area contributed by atoms with E-state index >= 15 is 0 Å². The first-order valence-corrected chi connectivity index (χ1v) is 5.98. The Morgan fingerprint density at radius 1 is 1.38 bits per heavy atom. The van der Waals surface area contributed by atoms with E-state index in [9.17, 15) is 9.90 Å². The van der Waals surface area contributed by atoms with Gasteiger partial charge in [-0.05, 0) is 32.6 Å². The minimum absolute atomic E-state index is 0.0385. The van der Waals surface area contributed by atoms with E-state index in [1.165, 1.54) is 0 Å². The van der Waals surface area contributed by atoms with Crippen LogP contribution in [-0.4, -0.2) is 47.8 Å². The molecule has 1 saturated heterocycles. The van der Waals surface area contributed by atoms with Gasteiger partial charge in [0.1, 0.15) is 5.60 Å². The summed E-state index contributed by atoms with van der Waals surface area (Å²) in [6.45, 7) is 5.06. The molecule has 1 aliphatic heterocycles. The van der Waals surface area contributed by atoms with Crippen molar-refractivity contribution < 1.29 is 14.6 Å². The van der Waals surface area contributed by atoms with Gasteiger partial charge in [-0.3, -0.25) is 4.79 Å². The molecule has 2 rings (SSSR count). The third kappa shape index (κ3) is 1.84. The summed E-state index contributed by atoms with van der Waals surface area (Å²) in [5, 5.41) is 9.79.